The molecule has 0 aliphatic heterocycles. The van der Waals surface area contributed by atoms with Gasteiger partial charge in [-0.3, -0.25) is 0 Å². The lowest BCUT2D eigenvalue weighted by atomic mass is 9.95. The van der Waals surface area contributed by atoms with Crippen LogP contribution in [0, 0.1) is 0 Å². The number of anilines is 1. The maximum absolute atomic E-state index is 10.9. The third kappa shape index (κ3) is 5.09. The summed E-state index contributed by atoms with van der Waals surface area (Å²) in [5, 5.41) is 12.5. The third-order valence-electron chi connectivity index (χ3n) is 3.84. The van der Waals surface area contributed by atoms with E-state index in [0.717, 1.165) is 18.7 Å². The number of unbranched alkanes of at least 4 members (excludes halogenated alkanes) is 1. The van der Waals surface area contributed by atoms with E-state index in [2.05, 4.69) is 11.4 Å². The average molecular weight is 308 g/mol. The molecule has 1 aromatic rings. The van der Waals surface area contributed by atoms with Gasteiger partial charge in [0.05, 0.1) is 10.6 Å². The quantitative estimate of drug-likeness (QED) is 0.543. The zero-order valence-corrected chi connectivity index (χ0v) is 13.0. The standard InChI is InChI=1S/C17H22ClNO2/c18-16-12-14(9-10-15(16)17(20)21)19-11-5-4-8-13-6-2-1-3-7-13/h6,9-10,12,19H,1-5,7-8,11H2,(H,20,21). The number of nitrogens with one attached hydrogen (secondary N) is 1. The summed E-state index contributed by atoms with van der Waals surface area (Å²) in [6.07, 6.45) is 11.1. The van der Waals surface area contributed by atoms with E-state index in [4.69, 9.17) is 16.7 Å². The molecule has 0 heterocycles. The van der Waals surface area contributed by atoms with Gasteiger partial charge in [0.1, 0.15) is 0 Å². The van der Waals surface area contributed by atoms with Crippen molar-refractivity contribution in [1.29, 1.82) is 0 Å². The maximum Gasteiger partial charge on any atom is 0.337 e. The van der Waals surface area contributed by atoms with Gasteiger partial charge in [0.25, 0.3) is 0 Å². The molecule has 0 bridgehead atoms. The number of rotatable bonds is 7. The van der Waals surface area contributed by atoms with Gasteiger partial charge in [0.2, 0.25) is 0 Å². The van der Waals surface area contributed by atoms with Crippen LogP contribution in [-0.2, 0) is 0 Å². The minimum atomic E-state index is -0.993. The molecule has 0 saturated carbocycles. The fourth-order valence-corrected chi connectivity index (χ4v) is 2.90. The second kappa shape index (κ2) is 8.08. The number of hydrogen-bond acceptors (Lipinski definition) is 2. The van der Waals surface area contributed by atoms with Gasteiger partial charge in [0.15, 0.2) is 0 Å². The molecule has 0 atom stereocenters. The Balaban J connectivity index is 1.70. The fraction of sp³-hybridized carbons (Fsp3) is 0.471. The summed E-state index contributed by atoms with van der Waals surface area (Å²) >= 11 is 5.94. The summed E-state index contributed by atoms with van der Waals surface area (Å²) in [6, 6.07) is 4.98. The molecule has 1 aliphatic rings. The van der Waals surface area contributed by atoms with Crippen molar-refractivity contribution in [3.05, 3.63) is 40.4 Å². The highest BCUT2D eigenvalue weighted by molar-refractivity contribution is 6.33. The van der Waals surface area contributed by atoms with E-state index in [1.54, 1.807) is 23.8 Å². The number of allylic oxidation sites excluding steroid dienone is 2. The van der Waals surface area contributed by atoms with Crippen molar-refractivity contribution in [3.8, 4) is 0 Å². The Hall–Kier alpha value is -1.48. The summed E-state index contributed by atoms with van der Waals surface area (Å²) in [4.78, 5) is 10.9. The molecular formula is C17H22ClNO2. The first-order valence-corrected chi connectivity index (χ1v) is 7.99. The number of benzene rings is 1. The molecular weight excluding hydrogens is 286 g/mol. The van der Waals surface area contributed by atoms with Crippen molar-refractivity contribution in [2.24, 2.45) is 0 Å². The van der Waals surface area contributed by atoms with Crippen molar-refractivity contribution in [3.63, 3.8) is 0 Å². The SMILES string of the molecule is O=C(O)c1ccc(NCCCCC2=CCCCC2)cc1Cl. The molecule has 2 N–H and O–H groups in total. The largest absolute Gasteiger partial charge is 0.478 e. The molecule has 0 amide bonds. The molecule has 0 spiro atoms. The van der Waals surface area contributed by atoms with Gasteiger partial charge < -0.3 is 10.4 Å². The molecule has 0 saturated heterocycles. The molecule has 114 valence electrons. The predicted molar refractivity (Wildman–Crippen MR) is 87.3 cm³/mol. The van der Waals surface area contributed by atoms with Crippen LogP contribution >= 0.6 is 11.6 Å². The van der Waals surface area contributed by atoms with Crippen LogP contribution in [0.4, 0.5) is 5.69 Å². The normalized spacial score (nSPS) is 14.6. The highest BCUT2D eigenvalue weighted by atomic mass is 35.5. The Morgan fingerprint density at radius 3 is 2.81 bits per heavy atom. The second-order valence-corrected chi connectivity index (χ2v) is 5.90. The van der Waals surface area contributed by atoms with Crippen molar-refractivity contribution < 1.29 is 9.90 Å². The lowest BCUT2D eigenvalue weighted by Crippen LogP contribution is -2.03. The van der Waals surface area contributed by atoms with Crippen LogP contribution in [0.25, 0.3) is 0 Å². The Bertz CT molecular complexity index is 526. The van der Waals surface area contributed by atoms with E-state index in [1.165, 1.54) is 38.5 Å². The van der Waals surface area contributed by atoms with Crippen molar-refractivity contribution in [2.45, 2.75) is 44.9 Å². The molecule has 1 aliphatic carbocycles. The summed E-state index contributed by atoms with van der Waals surface area (Å²) in [6.45, 7) is 0.885. The van der Waals surface area contributed by atoms with E-state index in [0.29, 0.717) is 0 Å². The molecule has 0 radical (unpaired) electrons. The minimum absolute atomic E-state index is 0.145. The Labute approximate surface area is 131 Å². The Morgan fingerprint density at radius 1 is 1.29 bits per heavy atom. The van der Waals surface area contributed by atoms with Gasteiger partial charge in [-0.2, -0.15) is 0 Å². The van der Waals surface area contributed by atoms with Gasteiger partial charge in [0, 0.05) is 12.2 Å². The van der Waals surface area contributed by atoms with Crippen LogP contribution < -0.4 is 5.32 Å². The Morgan fingerprint density at radius 2 is 2.14 bits per heavy atom. The van der Waals surface area contributed by atoms with E-state index >= 15 is 0 Å². The average Bonchev–Trinajstić information content (AvgIpc) is 2.47. The van der Waals surface area contributed by atoms with Gasteiger partial charge in [-0.25, -0.2) is 4.79 Å². The third-order valence-corrected chi connectivity index (χ3v) is 4.15. The van der Waals surface area contributed by atoms with Crippen LogP contribution in [0.2, 0.25) is 5.02 Å². The van der Waals surface area contributed by atoms with Gasteiger partial charge in [-0.05, 0) is 63.1 Å². The molecule has 0 aromatic heterocycles. The number of hydrogen-bond donors (Lipinski definition) is 2. The maximum atomic E-state index is 10.9. The van der Waals surface area contributed by atoms with Crippen LogP contribution in [0.5, 0.6) is 0 Å². The topological polar surface area (TPSA) is 49.3 Å². The van der Waals surface area contributed by atoms with Crippen molar-refractivity contribution in [1.82, 2.24) is 0 Å². The first kappa shape index (κ1) is 15.9. The molecule has 2 rings (SSSR count). The predicted octanol–water partition coefficient (Wildman–Crippen LogP) is 5.12. The minimum Gasteiger partial charge on any atom is -0.478 e. The zero-order chi connectivity index (χ0) is 15.1. The van der Waals surface area contributed by atoms with Gasteiger partial charge in [-0.15, -0.1) is 0 Å². The van der Waals surface area contributed by atoms with Crippen molar-refractivity contribution in [2.75, 3.05) is 11.9 Å². The smallest absolute Gasteiger partial charge is 0.337 e. The fourth-order valence-electron chi connectivity index (χ4n) is 2.64. The van der Waals surface area contributed by atoms with Gasteiger partial charge in [-0.1, -0.05) is 23.3 Å². The van der Waals surface area contributed by atoms with Crippen LogP contribution in [0.3, 0.4) is 0 Å². The lowest BCUT2D eigenvalue weighted by molar-refractivity contribution is 0.0697. The molecule has 3 nitrogen and oxygen atoms in total. The molecule has 4 heteroatoms. The summed E-state index contributed by atoms with van der Waals surface area (Å²) in [7, 11) is 0. The zero-order valence-electron chi connectivity index (χ0n) is 12.2. The summed E-state index contributed by atoms with van der Waals surface area (Å²) in [5.74, 6) is -0.993. The summed E-state index contributed by atoms with van der Waals surface area (Å²) in [5.41, 5.74) is 2.64. The first-order chi connectivity index (χ1) is 10.2. The summed E-state index contributed by atoms with van der Waals surface area (Å²) < 4.78 is 0. The molecule has 0 fully saturated rings. The van der Waals surface area contributed by atoms with Gasteiger partial charge >= 0.3 is 5.97 Å². The number of aromatic carboxylic acids is 1. The highest BCUT2D eigenvalue weighted by Crippen LogP contribution is 2.23. The number of carboxylic acid groups (broad SMARTS) is 1. The number of carbonyl (C=O) groups is 1. The van der Waals surface area contributed by atoms with Crippen LogP contribution in [0.15, 0.2) is 29.8 Å². The monoisotopic (exact) mass is 307 g/mol. The van der Waals surface area contributed by atoms with Crippen LogP contribution in [-0.4, -0.2) is 17.6 Å². The van der Waals surface area contributed by atoms with E-state index < -0.39 is 5.97 Å². The van der Waals surface area contributed by atoms with E-state index in [1.807, 2.05) is 0 Å². The number of carboxylic acids is 1. The second-order valence-electron chi connectivity index (χ2n) is 5.49. The molecule has 1 aromatic carbocycles. The first-order valence-electron chi connectivity index (χ1n) is 7.61. The van der Waals surface area contributed by atoms with Crippen LogP contribution in [0.1, 0.15) is 55.3 Å². The van der Waals surface area contributed by atoms with E-state index in [-0.39, 0.29) is 10.6 Å². The highest BCUT2D eigenvalue weighted by Gasteiger charge is 2.08. The Kier molecular flexibility index (Phi) is 6.12. The number of halogens is 1. The van der Waals surface area contributed by atoms with E-state index in [9.17, 15) is 4.79 Å². The molecule has 0 unspecified atom stereocenters. The molecule has 21 heavy (non-hydrogen) atoms. The lowest BCUT2D eigenvalue weighted by Gasteiger charge is -2.12. The van der Waals surface area contributed by atoms with Crippen molar-refractivity contribution >= 4 is 23.3 Å².